The van der Waals surface area contributed by atoms with E-state index in [-0.39, 0.29) is 30.2 Å². The zero-order chi connectivity index (χ0) is 27.0. The summed E-state index contributed by atoms with van der Waals surface area (Å²) in [6.07, 6.45) is 5.13. The third kappa shape index (κ3) is 7.13. The molecule has 1 aromatic heterocycles. The summed E-state index contributed by atoms with van der Waals surface area (Å²) in [5.41, 5.74) is 1.43. The van der Waals surface area contributed by atoms with Crippen molar-refractivity contribution in [3.63, 3.8) is 0 Å². The minimum absolute atomic E-state index is 0.0617. The number of halogens is 1. The lowest BCUT2D eigenvalue weighted by Gasteiger charge is -2.33. The first-order chi connectivity index (χ1) is 19.1. The first-order valence-electron chi connectivity index (χ1n) is 13.9. The Bertz CT molecular complexity index is 1220. The SMILES string of the molecule is O=C(NC1CCCCC1)C(c1ccc(F)cc1)N(Cc1ccccc1)C(=O)c1ccc(CN2CCOCC2)o1. The van der Waals surface area contributed by atoms with Crippen LogP contribution in [0.3, 0.4) is 0 Å². The van der Waals surface area contributed by atoms with Gasteiger partial charge in [-0.05, 0) is 48.2 Å². The van der Waals surface area contributed by atoms with Gasteiger partial charge in [-0.3, -0.25) is 14.5 Å². The predicted molar refractivity (Wildman–Crippen MR) is 145 cm³/mol. The zero-order valence-electron chi connectivity index (χ0n) is 22.2. The molecular formula is C31H36FN3O4. The molecule has 2 aliphatic rings. The van der Waals surface area contributed by atoms with Crippen LogP contribution in [-0.2, 0) is 22.6 Å². The third-order valence-electron chi connectivity index (χ3n) is 7.51. The van der Waals surface area contributed by atoms with Gasteiger partial charge in [0, 0.05) is 25.7 Å². The second-order valence-electron chi connectivity index (χ2n) is 10.4. The molecule has 2 aromatic carbocycles. The summed E-state index contributed by atoms with van der Waals surface area (Å²) in [5, 5.41) is 3.19. The van der Waals surface area contributed by atoms with E-state index in [0.29, 0.717) is 31.1 Å². The smallest absolute Gasteiger partial charge is 0.290 e. The number of carbonyl (C=O) groups excluding carboxylic acids is 2. The standard InChI is InChI=1S/C31H36FN3O4/c32-25-13-11-24(12-14-25)29(30(36)33-26-9-5-2-6-10-26)35(21-23-7-3-1-4-8-23)31(37)28-16-15-27(39-28)22-34-17-19-38-20-18-34/h1,3-4,7-8,11-16,26,29H,2,5-6,9-10,17-22H2,(H,33,36). The molecule has 7 nitrogen and oxygen atoms in total. The van der Waals surface area contributed by atoms with Gasteiger partial charge in [-0.2, -0.15) is 0 Å². The van der Waals surface area contributed by atoms with Crippen LogP contribution in [0.1, 0.15) is 65.6 Å². The number of amides is 2. The molecule has 0 radical (unpaired) electrons. The van der Waals surface area contributed by atoms with Crippen LogP contribution >= 0.6 is 0 Å². The minimum atomic E-state index is -0.951. The number of carbonyl (C=O) groups is 2. The van der Waals surface area contributed by atoms with E-state index in [1.165, 1.54) is 17.0 Å². The van der Waals surface area contributed by atoms with E-state index >= 15 is 0 Å². The van der Waals surface area contributed by atoms with Crippen LogP contribution in [0.5, 0.6) is 0 Å². The van der Waals surface area contributed by atoms with Crippen LogP contribution in [0, 0.1) is 5.82 Å². The summed E-state index contributed by atoms with van der Waals surface area (Å²) in [6.45, 7) is 3.73. The van der Waals surface area contributed by atoms with Crippen LogP contribution in [0.25, 0.3) is 0 Å². The van der Waals surface area contributed by atoms with E-state index in [4.69, 9.17) is 9.15 Å². The average molecular weight is 534 g/mol. The highest BCUT2D eigenvalue weighted by atomic mass is 19.1. The lowest BCUT2D eigenvalue weighted by Crippen LogP contribution is -2.46. The quantitative estimate of drug-likeness (QED) is 0.415. The highest BCUT2D eigenvalue weighted by molar-refractivity contribution is 5.96. The molecular weight excluding hydrogens is 497 g/mol. The normalized spacial score (nSPS) is 17.5. The summed E-state index contributed by atoms with van der Waals surface area (Å²) in [6, 6.07) is 18.0. The number of nitrogens with zero attached hydrogens (tertiary/aromatic N) is 2. The van der Waals surface area contributed by atoms with Crippen molar-refractivity contribution in [1.29, 1.82) is 0 Å². The summed E-state index contributed by atoms with van der Waals surface area (Å²) in [4.78, 5) is 31.7. The summed E-state index contributed by atoms with van der Waals surface area (Å²) >= 11 is 0. The highest BCUT2D eigenvalue weighted by Crippen LogP contribution is 2.28. The second kappa shape index (κ2) is 13.0. The Kier molecular flexibility index (Phi) is 9.06. The van der Waals surface area contributed by atoms with E-state index in [2.05, 4.69) is 10.2 Å². The van der Waals surface area contributed by atoms with E-state index < -0.39 is 11.9 Å². The van der Waals surface area contributed by atoms with Crippen molar-refractivity contribution in [3.05, 3.63) is 95.2 Å². The van der Waals surface area contributed by atoms with Gasteiger partial charge >= 0.3 is 0 Å². The number of rotatable bonds is 9. The van der Waals surface area contributed by atoms with Crippen molar-refractivity contribution >= 4 is 11.8 Å². The molecule has 1 atom stereocenters. The summed E-state index contributed by atoms with van der Waals surface area (Å²) in [5.74, 6) is -0.195. The van der Waals surface area contributed by atoms with Crippen LogP contribution in [0.4, 0.5) is 4.39 Å². The molecule has 5 rings (SSSR count). The predicted octanol–water partition coefficient (Wildman–Crippen LogP) is 5.08. The summed E-state index contributed by atoms with van der Waals surface area (Å²) < 4.78 is 25.3. The van der Waals surface area contributed by atoms with Crippen LogP contribution in [0.2, 0.25) is 0 Å². The Balaban J connectivity index is 1.45. The monoisotopic (exact) mass is 533 g/mol. The van der Waals surface area contributed by atoms with Gasteiger partial charge in [0.25, 0.3) is 5.91 Å². The van der Waals surface area contributed by atoms with Crippen molar-refractivity contribution in [3.8, 4) is 0 Å². The van der Waals surface area contributed by atoms with Gasteiger partial charge in [0.1, 0.15) is 17.6 Å². The number of ether oxygens (including phenoxy) is 1. The molecule has 1 N–H and O–H groups in total. The van der Waals surface area contributed by atoms with Crippen molar-refractivity contribution < 1.29 is 23.1 Å². The van der Waals surface area contributed by atoms with E-state index in [1.54, 1.807) is 18.2 Å². The van der Waals surface area contributed by atoms with Gasteiger partial charge < -0.3 is 19.4 Å². The Labute approximate surface area is 228 Å². The Morgan fingerprint density at radius 2 is 1.67 bits per heavy atom. The first kappa shape index (κ1) is 27.1. The first-order valence-corrected chi connectivity index (χ1v) is 13.9. The molecule has 1 saturated heterocycles. The average Bonchev–Trinajstić information content (AvgIpc) is 3.43. The van der Waals surface area contributed by atoms with Crippen molar-refractivity contribution in [2.45, 2.75) is 57.3 Å². The van der Waals surface area contributed by atoms with Crippen LogP contribution < -0.4 is 5.32 Å². The molecule has 1 aliphatic heterocycles. The third-order valence-corrected chi connectivity index (χ3v) is 7.51. The van der Waals surface area contributed by atoms with E-state index in [1.807, 2.05) is 36.4 Å². The molecule has 1 unspecified atom stereocenters. The van der Waals surface area contributed by atoms with Gasteiger partial charge in [-0.25, -0.2) is 4.39 Å². The van der Waals surface area contributed by atoms with Gasteiger partial charge in [0.15, 0.2) is 5.76 Å². The maximum absolute atomic E-state index is 14.1. The molecule has 206 valence electrons. The van der Waals surface area contributed by atoms with Gasteiger partial charge in [-0.15, -0.1) is 0 Å². The molecule has 3 aromatic rings. The lowest BCUT2D eigenvalue weighted by molar-refractivity contribution is -0.127. The molecule has 39 heavy (non-hydrogen) atoms. The van der Waals surface area contributed by atoms with Gasteiger partial charge in [0.2, 0.25) is 5.91 Å². The largest absolute Gasteiger partial charge is 0.455 e. The topological polar surface area (TPSA) is 75.0 Å². The number of morpholine rings is 1. The molecule has 2 fully saturated rings. The van der Waals surface area contributed by atoms with Crippen LogP contribution in [0.15, 0.2) is 71.1 Å². The van der Waals surface area contributed by atoms with Gasteiger partial charge in [0.05, 0.1) is 19.8 Å². The number of hydrogen-bond acceptors (Lipinski definition) is 5. The van der Waals surface area contributed by atoms with Crippen molar-refractivity contribution in [2.24, 2.45) is 0 Å². The van der Waals surface area contributed by atoms with Crippen molar-refractivity contribution in [1.82, 2.24) is 15.1 Å². The Morgan fingerprint density at radius 1 is 0.949 bits per heavy atom. The molecule has 0 bridgehead atoms. The molecule has 2 heterocycles. The van der Waals surface area contributed by atoms with Crippen molar-refractivity contribution in [2.75, 3.05) is 26.3 Å². The van der Waals surface area contributed by atoms with E-state index in [9.17, 15) is 14.0 Å². The fourth-order valence-electron chi connectivity index (χ4n) is 5.40. The molecule has 1 saturated carbocycles. The van der Waals surface area contributed by atoms with E-state index in [0.717, 1.165) is 50.8 Å². The molecule has 2 amide bonds. The zero-order valence-corrected chi connectivity index (χ0v) is 22.2. The fraction of sp³-hybridized carbons (Fsp3) is 0.419. The molecule has 0 spiro atoms. The number of furan rings is 1. The minimum Gasteiger partial charge on any atom is -0.455 e. The highest BCUT2D eigenvalue weighted by Gasteiger charge is 2.35. The van der Waals surface area contributed by atoms with Crippen LogP contribution in [-0.4, -0.2) is 54.0 Å². The van der Waals surface area contributed by atoms with Gasteiger partial charge in [-0.1, -0.05) is 61.7 Å². The maximum Gasteiger partial charge on any atom is 0.290 e. The fourth-order valence-corrected chi connectivity index (χ4v) is 5.40. The Morgan fingerprint density at radius 3 is 2.38 bits per heavy atom. The summed E-state index contributed by atoms with van der Waals surface area (Å²) in [7, 11) is 0. The molecule has 1 aliphatic carbocycles. The number of hydrogen-bond donors (Lipinski definition) is 1. The number of benzene rings is 2. The second-order valence-corrected chi connectivity index (χ2v) is 10.4. The number of nitrogens with one attached hydrogen (secondary N) is 1. The Hall–Kier alpha value is -3.49. The molecule has 8 heteroatoms. The maximum atomic E-state index is 14.1. The lowest BCUT2D eigenvalue weighted by atomic mass is 9.94.